The monoisotopic (exact) mass is 336 g/mol. The minimum Gasteiger partial charge on any atom is -0.487 e. The Bertz CT molecular complexity index is 542. The van der Waals surface area contributed by atoms with E-state index in [1.807, 2.05) is 38.1 Å². The molecule has 0 saturated heterocycles. The lowest BCUT2D eigenvalue weighted by Crippen LogP contribution is -2.28. The molecule has 0 saturated carbocycles. The Hall–Kier alpha value is -2.04. The van der Waals surface area contributed by atoms with E-state index in [1.165, 1.54) is 0 Å². The van der Waals surface area contributed by atoms with E-state index in [-0.39, 0.29) is 19.1 Å². The van der Waals surface area contributed by atoms with Crippen LogP contribution in [0.3, 0.4) is 0 Å². The summed E-state index contributed by atoms with van der Waals surface area (Å²) in [4.78, 5) is 23.7. The first kappa shape index (κ1) is 20.0. The number of benzene rings is 1. The molecule has 0 bridgehead atoms. The average molecular weight is 336 g/mol. The van der Waals surface area contributed by atoms with Gasteiger partial charge in [-0.05, 0) is 46.8 Å². The van der Waals surface area contributed by atoms with Crippen LogP contribution in [0.2, 0.25) is 0 Å². The molecule has 1 aromatic carbocycles. The highest BCUT2D eigenvalue weighted by molar-refractivity contribution is 5.79. The molecule has 1 rings (SSSR count). The Morgan fingerprint density at radius 2 is 1.67 bits per heavy atom. The molecule has 0 aliphatic carbocycles. The zero-order valence-electron chi connectivity index (χ0n) is 15.4. The van der Waals surface area contributed by atoms with E-state index in [0.717, 1.165) is 11.3 Å². The molecule has 134 valence electrons. The first-order valence-corrected chi connectivity index (χ1v) is 8.18. The van der Waals surface area contributed by atoms with Gasteiger partial charge in [0.1, 0.15) is 24.1 Å². The van der Waals surface area contributed by atoms with Gasteiger partial charge in [-0.15, -0.1) is 0 Å². The number of hydrogen-bond donors (Lipinski definition) is 0. The summed E-state index contributed by atoms with van der Waals surface area (Å²) in [5, 5.41) is 0. The number of hydrogen-bond acceptors (Lipinski definition) is 5. The molecule has 2 atom stereocenters. The van der Waals surface area contributed by atoms with Crippen molar-refractivity contribution in [2.75, 3.05) is 6.61 Å². The fourth-order valence-corrected chi connectivity index (χ4v) is 1.94. The molecule has 5 heteroatoms. The van der Waals surface area contributed by atoms with Gasteiger partial charge in [0.25, 0.3) is 0 Å². The van der Waals surface area contributed by atoms with Crippen LogP contribution in [0.5, 0.6) is 5.75 Å². The minimum absolute atomic E-state index is 0.00328. The predicted octanol–water partition coefficient (Wildman–Crippen LogP) is 3.67. The number of carbonyl (C=O) groups excluding carboxylic acids is 2. The second kappa shape index (κ2) is 8.71. The van der Waals surface area contributed by atoms with Crippen molar-refractivity contribution >= 4 is 11.9 Å². The second-order valence-corrected chi connectivity index (χ2v) is 7.06. The summed E-state index contributed by atoms with van der Waals surface area (Å²) in [7, 11) is 0. The molecule has 0 N–H and O–H groups in total. The van der Waals surface area contributed by atoms with Crippen LogP contribution < -0.4 is 4.74 Å². The topological polar surface area (TPSA) is 61.8 Å². The van der Waals surface area contributed by atoms with E-state index < -0.39 is 23.5 Å². The van der Waals surface area contributed by atoms with Gasteiger partial charge in [-0.1, -0.05) is 24.6 Å². The Kier molecular flexibility index (Phi) is 7.26. The van der Waals surface area contributed by atoms with Crippen molar-refractivity contribution in [2.24, 2.45) is 5.92 Å². The summed E-state index contributed by atoms with van der Waals surface area (Å²) < 4.78 is 16.1. The van der Waals surface area contributed by atoms with Gasteiger partial charge >= 0.3 is 11.9 Å². The third kappa shape index (κ3) is 7.99. The van der Waals surface area contributed by atoms with Crippen LogP contribution in [0.15, 0.2) is 24.3 Å². The summed E-state index contributed by atoms with van der Waals surface area (Å²) in [5.74, 6) is -0.659. The lowest BCUT2D eigenvalue weighted by Gasteiger charge is -2.21. The molecule has 0 unspecified atom stereocenters. The van der Waals surface area contributed by atoms with Crippen molar-refractivity contribution < 1.29 is 23.8 Å². The van der Waals surface area contributed by atoms with E-state index >= 15 is 0 Å². The highest BCUT2D eigenvalue weighted by atomic mass is 16.6. The smallest absolute Gasteiger partial charge is 0.309 e. The van der Waals surface area contributed by atoms with Crippen molar-refractivity contribution in [1.29, 1.82) is 0 Å². The standard InChI is InChI=1S/C19H28O5/c1-13-7-9-16(10-8-13)23-15(3)12-22-18(21)14(2)11-17(20)24-19(4,5)6/h7-10,14-15H,11-12H2,1-6H3/t14-,15+/m1/s1. The maximum atomic E-state index is 12.0. The van der Waals surface area contributed by atoms with E-state index in [2.05, 4.69) is 0 Å². The van der Waals surface area contributed by atoms with Crippen LogP contribution in [-0.2, 0) is 19.1 Å². The molecule has 24 heavy (non-hydrogen) atoms. The molecule has 5 nitrogen and oxygen atoms in total. The van der Waals surface area contributed by atoms with Gasteiger partial charge < -0.3 is 14.2 Å². The quantitative estimate of drug-likeness (QED) is 0.711. The molecule has 0 radical (unpaired) electrons. The largest absolute Gasteiger partial charge is 0.487 e. The zero-order valence-corrected chi connectivity index (χ0v) is 15.4. The third-order valence-electron chi connectivity index (χ3n) is 3.11. The van der Waals surface area contributed by atoms with Crippen LogP contribution in [0.25, 0.3) is 0 Å². The lowest BCUT2D eigenvalue weighted by atomic mass is 10.1. The van der Waals surface area contributed by atoms with Gasteiger partial charge in [0.2, 0.25) is 0 Å². The Morgan fingerprint density at radius 1 is 1.08 bits per heavy atom. The summed E-state index contributed by atoms with van der Waals surface area (Å²) >= 11 is 0. The lowest BCUT2D eigenvalue weighted by molar-refractivity contribution is -0.161. The SMILES string of the molecule is Cc1ccc(O[C@@H](C)COC(=O)[C@H](C)CC(=O)OC(C)(C)C)cc1. The summed E-state index contributed by atoms with van der Waals surface area (Å²) in [6.45, 7) is 11.0. The molecule has 0 fully saturated rings. The van der Waals surface area contributed by atoms with Gasteiger partial charge in [-0.25, -0.2) is 0 Å². The molecule has 0 heterocycles. The Balaban J connectivity index is 2.36. The van der Waals surface area contributed by atoms with Crippen molar-refractivity contribution in [2.45, 2.75) is 59.7 Å². The van der Waals surface area contributed by atoms with Crippen molar-refractivity contribution in [1.82, 2.24) is 0 Å². The Labute approximate surface area is 144 Å². The number of rotatable bonds is 7. The van der Waals surface area contributed by atoms with Crippen molar-refractivity contribution in [3.05, 3.63) is 29.8 Å². The molecule has 0 aliphatic heterocycles. The third-order valence-corrected chi connectivity index (χ3v) is 3.11. The van der Waals surface area contributed by atoms with E-state index in [0.29, 0.717) is 0 Å². The average Bonchev–Trinajstić information content (AvgIpc) is 2.45. The predicted molar refractivity (Wildman–Crippen MR) is 91.9 cm³/mol. The fourth-order valence-electron chi connectivity index (χ4n) is 1.94. The van der Waals surface area contributed by atoms with Gasteiger partial charge in [0, 0.05) is 0 Å². The maximum Gasteiger partial charge on any atom is 0.309 e. The number of aryl methyl sites for hydroxylation is 1. The molecule has 0 aliphatic rings. The van der Waals surface area contributed by atoms with E-state index in [1.54, 1.807) is 27.7 Å². The fraction of sp³-hybridized carbons (Fsp3) is 0.579. The van der Waals surface area contributed by atoms with Crippen molar-refractivity contribution in [3.8, 4) is 5.75 Å². The molecule has 0 aromatic heterocycles. The molecular formula is C19H28O5. The molecule has 0 amide bonds. The highest BCUT2D eigenvalue weighted by Crippen LogP contribution is 2.15. The number of carbonyl (C=O) groups is 2. The van der Waals surface area contributed by atoms with Gasteiger partial charge in [0.15, 0.2) is 0 Å². The van der Waals surface area contributed by atoms with Gasteiger partial charge in [0.05, 0.1) is 12.3 Å². The Morgan fingerprint density at radius 3 is 2.21 bits per heavy atom. The first-order chi connectivity index (χ1) is 11.1. The summed E-state index contributed by atoms with van der Waals surface area (Å²) in [6.07, 6.45) is -0.270. The molecule has 1 aromatic rings. The second-order valence-electron chi connectivity index (χ2n) is 7.06. The summed E-state index contributed by atoms with van der Waals surface area (Å²) in [5.41, 5.74) is 0.592. The van der Waals surface area contributed by atoms with Crippen LogP contribution in [-0.4, -0.2) is 30.3 Å². The molecular weight excluding hydrogens is 308 g/mol. The first-order valence-electron chi connectivity index (χ1n) is 8.18. The number of ether oxygens (including phenoxy) is 3. The van der Waals surface area contributed by atoms with Gasteiger partial charge in [-0.3, -0.25) is 9.59 Å². The minimum atomic E-state index is -0.558. The van der Waals surface area contributed by atoms with Crippen LogP contribution in [0, 0.1) is 12.8 Å². The van der Waals surface area contributed by atoms with Crippen molar-refractivity contribution in [3.63, 3.8) is 0 Å². The normalized spacial score (nSPS) is 13.8. The van der Waals surface area contributed by atoms with E-state index in [9.17, 15) is 9.59 Å². The van der Waals surface area contributed by atoms with E-state index in [4.69, 9.17) is 14.2 Å². The van der Waals surface area contributed by atoms with Crippen LogP contribution in [0.1, 0.15) is 46.6 Å². The van der Waals surface area contributed by atoms with Gasteiger partial charge in [-0.2, -0.15) is 0 Å². The zero-order chi connectivity index (χ0) is 18.3. The van der Waals surface area contributed by atoms with Crippen LogP contribution in [0.4, 0.5) is 0 Å². The highest BCUT2D eigenvalue weighted by Gasteiger charge is 2.23. The number of esters is 2. The molecule has 0 spiro atoms. The maximum absolute atomic E-state index is 12.0. The van der Waals surface area contributed by atoms with Crippen LogP contribution >= 0.6 is 0 Å². The summed E-state index contributed by atoms with van der Waals surface area (Å²) in [6, 6.07) is 7.66.